The number of benzene rings is 1. The number of fused-ring (bicyclic) bond motifs is 1. The first kappa shape index (κ1) is 19.5. The first-order valence-corrected chi connectivity index (χ1v) is 10.2. The summed E-state index contributed by atoms with van der Waals surface area (Å²) in [6.45, 7) is 7.60. The standard InChI is InChI=1S/C23H28N4O2/c1-15-17(8-9-22(28)27-12-10-26(3)11-13-27)16(2)24-21(15)14-19-18-6-4-5-7-20(18)25-23(19)29/h4-7,14,24H,8-13H2,1-3H3,(H,25,29)/b19-14-. The van der Waals surface area contributed by atoms with Gasteiger partial charge in [0.1, 0.15) is 0 Å². The van der Waals surface area contributed by atoms with E-state index in [-0.39, 0.29) is 11.8 Å². The molecule has 0 unspecified atom stereocenters. The molecule has 1 fully saturated rings. The Bertz CT molecular complexity index is 981. The van der Waals surface area contributed by atoms with Gasteiger partial charge in [-0.25, -0.2) is 0 Å². The number of aromatic amines is 1. The maximum atomic E-state index is 12.6. The first-order valence-electron chi connectivity index (χ1n) is 10.2. The van der Waals surface area contributed by atoms with Gasteiger partial charge in [-0.1, -0.05) is 18.2 Å². The molecule has 4 rings (SSSR count). The van der Waals surface area contributed by atoms with Crippen LogP contribution in [0.4, 0.5) is 5.69 Å². The van der Waals surface area contributed by atoms with Crippen molar-refractivity contribution in [1.82, 2.24) is 14.8 Å². The van der Waals surface area contributed by atoms with Crippen LogP contribution in [0, 0.1) is 13.8 Å². The van der Waals surface area contributed by atoms with Crippen molar-refractivity contribution in [3.8, 4) is 0 Å². The third-order valence-electron chi connectivity index (χ3n) is 6.08. The monoisotopic (exact) mass is 392 g/mol. The zero-order valence-electron chi connectivity index (χ0n) is 17.3. The van der Waals surface area contributed by atoms with E-state index in [1.807, 2.05) is 42.2 Å². The molecule has 152 valence electrons. The van der Waals surface area contributed by atoms with Crippen molar-refractivity contribution in [3.63, 3.8) is 0 Å². The molecule has 29 heavy (non-hydrogen) atoms. The molecule has 0 spiro atoms. The summed E-state index contributed by atoms with van der Waals surface area (Å²) in [6, 6.07) is 7.73. The molecule has 0 radical (unpaired) electrons. The molecule has 2 N–H and O–H groups in total. The van der Waals surface area contributed by atoms with Crippen LogP contribution >= 0.6 is 0 Å². The van der Waals surface area contributed by atoms with Crippen LogP contribution in [-0.4, -0.2) is 59.8 Å². The molecule has 1 saturated heterocycles. The number of carbonyl (C=O) groups excluding carboxylic acids is 2. The summed E-state index contributed by atoms with van der Waals surface area (Å²) in [5, 5.41) is 2.91. The summed E-state index contributed by atoms with van der Waals surface area (Å²) in [6.07, 6.45) is 3.16. The fourth-order valence-corrected chi connectivity index (χ4v) is 4.21. The molecule has 2 aromatic rings. The van der Waals surface area contributed by atoms with Crippen molar-refractivity contribution in [2.75, 3.05) is 38.5 Å². The predicted octanol–water partition coefficient (Wildman–Crippen LogP) is 2.83. The molecule has 0 bridgehead atoms. The maximum Gasteiger partial charge on any atom is 0.256 e. The Kier molecular flexibility index (Phi) is 5.28. The highest BCUT2D eigenvalue weighted by Crippen LogP contribution is 2.33. The Hall–Kier alpha value is -2.86. The second-order valence-corrected chi connectivity index (χ2v) is 8.01. The van der Waals surface area contributed by atoms with Crippen molar-refractivity contribution in [2.45, 2.75) is 26.7 Å². The highest BCUT2D eigenvalue weighted by molar-refractivity contribution is 6.34. The molecule has 1 aromatic heterocycles. The number of hydrogen-bond donors (Lipinski definition) is 2. The van der Waals surface area contributed by atoms with Gasteiger partial charge in [-0.15, -0.1) is 0 Å². The predicted molar refractivity (Wildman–Crippen MR) is 116 cm³/mol. The molecular formula is C23H28N4O2. The van der Waals surface area contributed by atoms with Crippen molar-refractivity contribution in [2.24, 2.45) is 0 Å². The summed E-state index contributed by atoms with van der Waals surface area (Å²) in [5.74, 6) is 0.145. The van der Waals surface area contributed by atoms with E-state index in [2.05, 4.69) is 29.2 Å². The SMILES string of the molecule is Cc1[nH]c(/C=C2\C(=O)Nc3ccccc32)c(C)c1CCC(=O)N1CCN(C)CC1. The molecule has 2 amide bonds. The number of piperazine rings is 1. The number of amides is 2. The number of nitrogens with one attached hydrogen (secondary N) is 2. The van der Waals surface area contributed by atoms with Crippen LogP contribution in [-0.2, 0) is 16.0 Å². The van der Waals surface area contributed by atoms with Gasteiger partial charge in [-0.05, 0) is 50.6 Å². The van der Waals surface area contributed by atoms with Crippen molar-refractivity contribution in [3.05, 3.63) is 52.3 Å². The minimum absolute atomic E-state index is 0.0790. The van der Waals surface area contributed by atoms with E-state index in [0.29, 0.717) is 18.4 Å². The summed E-state index contributed by atoms with van der Waals surface area (Å²) in [7, 11) is 2.09. The summed E-state index contributed by atoms with van der Waals surface area (Å²) in [5.41, 5.74) is 6.73. The number of hydrogen-bond acceptors (Lipinski definition) is 3. The maximum absolute atomic E-state index is 12.6. The molecule has 2 aliphatic heterocycles. The highest BCUT2D eigenvalue weighted by atomic mass is 16.2. The lowest BCUT2D eigenvalue weighted by Gasteiger charge is -2.32. The fraction of sp³-hybridized carbons (Fsp3) is 0.391. The lowest BCUT2D eigenvalue weighted by Crippen LogP contribution is -2.47. The van der Waals surface area contributed by atoms with Crippen LogP contribution < -0.4 is 5.32 Å². The molecule has 0 aliphatic carbocycles. The molecule has 3 heterocycles. The smallest absolute Gasteiger partial charge is 0.256 e. The van der Waals surface area contributed by atoms with Crippen LogP contribution in [0.25, 0.3) is 11.6 Å². The Labute approximate surface area is 171 Å². The average Bonchev–Trinajstić information content (AvgIpc) is 3.16. The minimum atomic E-state index is -0.0790. The number of likely N-dealkylation sites (N-methyl/N-ethyl adjacent to an activating group) is 1. The van der Waals surface area contributed by atoms with Crippen molar-refractivity contribution >= 4 is 29.2 Å². The lowest BCUT2D eigenvalue weighted by molar-refractivity contribution is -0.132. The Morgan fingerprint density at radius 1 is 1.14 bits per heavy atom. The summed E-state index contributed by atoms with van der Waals surface area (Å²) < 4.78 is 0. The fourth-order valence-electron chi connectivity index (χ4n) is 4.21. The van der Waals surface area contributed by atoms with E-state index in [1.165, 1.54) is 5.56 Å². The number of rotatable bonds is 4. The first-order chi connectivity index (χ1) is 13.9. The van der Waals surface area contributed by atoms with Gasteiger partial charge in [-0.3, -0.25) is 9.59 Å². The van der Waals surface area contributed by atoms with Gasteiger partial charge in [0.2, 0.25) is 5.91 Å². The van der Waals surface area contributed by atoms with E-state index in [0.717, 1.165) is 54.4 Å². The van der Waals surface area contributed by atoms with Gasteiger partial charge in [0, 0.05) is 55.2 Å². The second-order valence-electron chi connectivity index (χ2n) is 8.01. The van der Waals surface area contributed by atoms with E-state index < -0.39 is 0 Å². The Morgan fingerprint density at radius 2 is 1.86 bits per heavy atom. The van der Waals surface area contributed by atoms with Crippen molar-refractivity contribution < 1.29 is 9.59 Å². The third-order valence-corrected chi connectivity index (χ3v) is 6.08. The van der Waals surface area contributed by atoms with Gasteiger partial charge < -0.3 is 20.1 Å². The van der Waals surface area contributed by atoms with Crippen LogP contribution in [0.1, 0.15) is 34.5 Å². The number of anilines is 1. The van der Waals surface area contributed by atoms with E-state index in [4.69, 9.17) is 0 Å². The van der Waals surface area contributed by atoms with E-state index in [9.17, 15) is 9.59 Å². The van der Waals surface area contributed by atoms with Crippen LogP contribution in [0.2, 0.25) is 0 Å². The zero-order valence-corrected chi connectivity index (χ0v) is 17.3. The summed E-state index contributed by atoms with van der Waals surface area (Å²) >= 11 is 0. The quantitative estimate of drug-likeness (QED) is 0.787. The number of H-pyrrole nitrogens is 1. The molecule has 6 heteroatoms. The topological polar surface area (TPSA) is 68.4 Å². The molecule has 2 aliphatic rings. The molecular weight excluding hydrogens is 364 g/mol. The van der Waals surface area contributed by atoms with Crippen molar-refractivity contribution in [1.29, 1.82) is 0 Å². The van der Waals surface area contributed by atoms with Gasteiger partial charge in [-0.2, -0.15) is 0 Å². The normalized spacial score (nSPS) is 18.2. The lowest BCUT2D eigenvalue weighted by atomic mass is 10.0. The molecule has 0 saturated carbocycles. The largest absolute Gasteiger partial charge is 0.359 e. The Balaban J connectivity index is 1.50. The third kappa shape index (κ3) is 3.85. The minimum Gasteiger partial charge on any atom is -0.359 e. The summed E-state index contributed by atoms with van der Waals surface area (Å²) in [4.78, 5) is 32.6. The van der Waals surface area contributed by atoms with E-state index >= 15 is 0 Å². The molecule has 0 atom stereocenters. The number of nitrogens with zero attached hydrogens (tertiary/aromatic N) is 2. The Morgan fingerprint density at radius 3 is 2.62 bits per heavy atom. The van der Waals surface area contributed by atoms with E-state index in [1.54, 1.807) is 0 Å². The van der Waals surface area contributed by atoms with Crippen LogP contribution in [0.15, 0.2) is 24.3 Å². The second kappa shape index (κ2) is 7.87. The van der Waals surface area contributed by atoms with Gasteiger partial charge in [0.25, 0.3) is 5.91 Å². The van der Waals surface area contributed by atoms with Gasteiger partial charge in [0.05, 0.1) is 5.57 Å². The average molecular weight is 393 g/mol. The number of carbonyl (C=O) groups is 2. The van der Waals surface area contributed by atoms with Gasteiger partial charge in [0.15, 0.2) is 0 Å². The van der Waals surface area contributed by atoms with Gasteiger partial charge >= 0.3 is 0 Å². The number of aryl methyl sites for hydroxylation is 1. The van der Waals surface area contributed by atoms with Crippen LogP contribution in [0.5, 0.6) is 0 Å². The number of para-hydroxylation sites is 1. The zero-order chi connectivity index (χ0) is 20.5. The number of aromatic nitrogens is 1. The highest BCUT2D eigenvalue weighted by Gasteiger charge is 2.25. The van der Waals surface area contributed by atoms with Crippen LogP contribution in [0.3, 0.4) is 0 Å². The molecule has 6 nitrogen and oxygen atoms in total. The molecule has 1 aromatic carbocycles.